The highest BCUT2D eigenvalue weighted by Crippen LogP contribution is 2.35. The largest absolute Gasteiger partial charge is 0.450 e. The fraction of sp³-hybridized carbons (Fsp3) is 0.161. The molecule has 1 fully saturated rings. The molecule has 0 aliphatic carbocycles. The molecule has 43 heavy (non-hydrogen) atoms. The van der Waals surface area contributed by atoms with Gasteiger partial charge in [0, 0.05) is 12.4 Å². The summed E-state index contributed by atoms with van der Waals surface area (Å²) in [5.74, 6) is -3.61. The molecule has 3 aromatic carbocycles. The Bertz CT molecular complexity index is 1720. The number of carbonyl (C=O) groups is 4. The lowest BCUT2D eigenvalue weighted by Gasteiger charge is -2.24. The zero-order valence-electron chi connectivity index (χ0n) is 22.7. The van der Waals surface area contributed by atoms with Crippen molar-refractivity contribution in [1.82, 2.24) is 9.55 Å². The Labute approximate surface area is 244 Å². The Morgan fingerprint density at radius 1 is 0.767 bits per heavy atom. The molecule has 218 valence electrons. The number of hydrogen-bond acceptors (Lipinski definition) is 10. The van der Waals surface area contributed by atoms with E-state index in [4.69, 9.17) is 24.7 Å². The fourth-order valence-electron chi connectivity index (χ4n) is 4.47. The van der Waals surface area contributed by atoms with Crippen molar-refractivity contribution in [3.63, 3.8) is 0 Å². The highest BCUT2D eigenvalue weighted by atomic mass is 16.8. The van der Waals surface area contributed by atoms with Crippen LogP contribution in [0.5, 0.6) is 0 Å². The molecule has 2 heterocycles. The van der Waals surface area contributed by atoms with Gasteiger partial charge in [0.05, 0.1) is 16.7 Å². The second-order valence-corrected chi connectivity index (χ2v) is 9.44. The van der Waals surface area contributed by atoms with Crippen molar-refractivity contribution in [2.75, 3.05) is 0 Å². The summed E-state index contributed by atoms with van der Waals surface area (Å²) in [7, 11) is 0. The maximum atomic E-state index is 13.2. The van der Waals surface area contributed by atoms with Gasteiger partial charge in [0.2, 0.25) is 12.4 Å². The first kappa shape index (κ1) is 28.9. The van der Waals surface area contributed by atoms with Crippen LogP contribution in [0.15, 0.2) is 102 Å². The third-order valence-electron chi connectivity index (χ3n) is 6.62. The van der Waals surface area contributed by atoms with Crippen molar-refractivity contribution in [3.8, 4) is 0 Å². The van der Waals surface area contributed by atoms with Crippen molar-refractivity contribution in [1.29, 1.82) is 0 Å². The van der Waals surface area contributed by atoms with Crippen LogP contribution in [0.4, 0.5) is 0 Å². The monoisotopic (exact) mass is 583 g/mol. The number of hydrogen-bond donors (Lipinski definition) is 1. The van der Waals surface area contributed by atoms with Gasteiger partial charge in [-0.25, -0.2) is 19.4 Å². The van der Waals surface area contributed by atoms with Gasteiger partial charge in [-0.05, 0) is 42.8 Å². The van der Waals surface area contributed by atoms with Crippen LogP contribution in [0.3, 0.4) is 0 Å². The van der Waals surface area contributed by atoms with Crippen molar-refractivity contribution < 1.29 is 38.1 Å². The number of amides is 1. The van der Waals surface area contributed by atoms with Crippen LogP contribution in [0.1, 0.15) is 53.4 Å². The summed E-state index contributed by atoms with van der Waals surface area (Å²) in [6, 6.07) is 22.5. The molecule has 0 spiro atoms. The first-order chi connectivity index (χ1) is 20.7. The second-order valence-electron chi connectivity index (χ2n) is 9.44. The lowest BCUT2D eigenvalue weighted by molar-refractivity contribution is -0.149. The molecule has 12 heteroatoms. The molecule has 1 saturated heterocycles. The highest BCUT2D eigenvalue weighted by molar-refractivity contribution is 5.92. The standard InChI is InChI=1S/C31H25N3O9/c1-18-10-8-9-15-21(18)30(39)43-31-24(41-29(38)20-13-6-3-7-14-20)23(40-28(37)19-11-4-2-5-12-19)27(42-31)34-17-16-33-22(25(32)35)26(34)36/h2-17,23-24,27,31H,1H3,(H2,32,35)/t23-,24-,27-,31-/m1/s1. The number of carbonyl (C=O) groups excluding carboxylic acids is 4. The first-order valence-electron chi connectivity index (χ1n) is 13.1. The third kappa shape index (κ3) is 6.19. The molecule has 4 atom stereocenters. The fourth-order valence-corrected chi connectivity index (χ4v) is 4.47. The van der Waals surface area contributed by atoms with E-state index in [0.717, 1.165) is 10.8 Å². The minimum atomic E-state index is -1.66. The summed E-state index contributed by atoms with van der Waals surface area (Å²) in [5.41, 5.74) is 4.84. The topological polar surface area (TPSA) is 166 Å². The van der Waals surface area contributed by atoms with E-state index < -0.39 is 59.8 Å². The molecule has 0 unspecified atom stereocenters. The predicted octanol–water partition coefficient (Wildman–Crippen LogP) is 2.81. The minimum Gasteiger partial charge on any atom is -0.450 e. The quantitative estimate of drug-likeness (QED) is 0.241. The van der Waals surface area contributed by atoms with E-state index in [1.165, 1.54) is 36.5 Å². The van der Waals surface area contributed by atoms with E-state index in [9.17, 15) is 24.0 Å². The predicted molar refractivity (Wildman–Crippen MR) is 149 cm³/mol. The normalized spacial score (nSPS) is 19.3. The Balaban J connectivity index is 1.58. The van der Waals surface area contributed by atoms with Crippen LogP contribution in [0, 0.1) is 6.92 Å². The number of benzene rings is 3. The summed E-state index contributed by atoms with van der Waals surface area (Å²) in [6.07, 6.45) is -4.01. The van der Waals surface area contributed by atoms with Gasteiger partial charge < -0.3 is 24.7 Å². The minimum absolute atomic E-state index is 0.148. The number of nitrogens with zero attached hydrogens (tertiary/aromatic N) is 2. The van der Waals surface area contributed by atoms with E-state index in [1.54, 1.807) is 61.5 Å². The number of primary amides is 1. The van der Waals surface area contributed by atoms with Crippen LogP contribution >= 0.6 is 0 Å². The third-order valence-corrected chi connectivity index (χ3v) is 6.62. The second kappa shape index (κ2) is 12.5. The Kier molecular flexibility index (Phi) is 8.39. The summed E-state index contributed by atoms with van der Waals surface area (Å²) in [4.78, 5) is 68.5. The molecule has 0 bridgehead atoms. The zero-order valence-corrected chi connectivity index (χ0v) is 22.7. The average Bonchev–Trinajstić information content (AvgIpc) is 3.33. The van der Waals surface area contributed by atoms with Gasteiger partial charge >= 0.3 is 17.9 Å². The smallest absolute Gasteiger partial charge is 0.340 e. The number of aromatic nitrogens is 2. The molecule has 1 aromatic heterocycles. The van der Waals surface area contributed by atoms with Gasteiger partial charge in [0.1, 0.15) is 0 Å². The van der Waals surface area contributed by atoms with Crippen molar-refractivity contribution >= 4 is 23.8 Å². The molecule has 4 aromatic rings. The van der Waals surface area contributed by atoms with Gasteiger partial charge in [0.15, 0.2) is 18.0 Å². The van der Waals surface area contributed by atoms with Gasteiger partial charge in [-0.15, -0.1) is 0 Å². The van der Waals surface area contributed by atoms with Gasteiger partial charge in [0.25, 0.3) is 11.5 Å². The summed E-state index contributed by atoms with van der Waals surface area (Å²) < 4.78 is 24.1. The molecule has 2 N–H and O–H groups in total. The van der Waals surface area contributed by atoms with Crippen molar-refractivity contribution in [3.05, 3.63) is 136 Å². The molecule has 1 amide bonds. The van der Waals surface area contributed by atoms with E-state index in [2.05, 4.69) is 4.98 Å². The maximum Gasteiger partial charge on any atom is 0.340 e. The summed E-state index contributed by atoms with van der Waals surface area (Å²) in [5, 5.41) is 0. The highest BCUT2D eigenvalue weighted by Gasteiger charge is 2.53. The Morgan fingerprint density at radius 3 is 1.91 bits per heavy atom. The van der Waals surface area contributed by atoms with Gasteiger partial charge in [-0.3, -0.25) is 14.2 Å². The van der Waals surface area contributed by atoms with Crippen LogP contribution in [0.25, 0.3) is 0 Å². The number of aryl methyl sites for hydroxylation is 1. The molecular formula is C31H25N3O9. The maximum absolute atomic E-state index is 13.2. The summed E-state index contributed by atoms with van der Waals surface area (Å²) in [6.45, 7) is 1.70. The number of ether oxygens (including phenoxy) is 4. The Morgan fingerprint density at radius 2 is 1.33 bits per heavy atom. The van der Waals surface area contributed by atoms with Crippen molar-refractivity contribution in [2.24, 2.45) is 5.73 Å². The van der Waals surface area contributed by atoms with Crippen LogP contribution in [-0.2, 0) is 18.9 Å². The number of esters is 3. The van der Waals surface area contributed by atoms with Gasteiger partial charge in [-0.2, -0.15) is 0 Å². The van der Waals surface area contributed by atoms with E-state index in [1.807, 2.05) is 0 Å². The molecule has 1 aliphatic heterocycles. The van der Waals surface area contributed by atoms with Crippen LogP contribution in [-0.4, -0.2) is 51.9 Å². The molecule has 0 radical (unpaired) electrons. The van der Waals surface area contributed by atoms with Crippen LogP contribution < -0.4 is 11.3 Å². The number of nitrogens with two attached hydrogens (primary N) is 1. The van der Waals surface area contributed by atoms with E-state index in [-0.39, 0.29) is 16.7 Å². The molecule has 5 rings (SSSR count). The molecule has 0 saturated carbocycles. The van der Waals surface area contributed by atoms with E-state index >= 15 is 0 Å². The van der Waals surface area contributed by atoms with Crippen molar-refractivity contribution in [2.45, 2.75) is 31.6 Å². The zero-order chi connectivity index (χ0) is 30.5. The Hall–Kier alpha value is -5.62. The van der Waals surface area contributed by atoms with E-state index in [0.29, 0.717) is 5.56 Å². The lowest BCUT2D eigenvalue weighted by atomic mass is 10.1. The molecular weight excluding hydrogens is 558 g/mol. The molecule has 1 aliphatic rings. The lowest BCUT2D eigenvalue weighted by Crippen LogP contribution is -2.43. The average molecular weight is 584 g/mol. The van der Waals surface area contributed by atoms with Crippen LogP contribution in [0.2, 0.25) is 0 Å². The van der Waals surface area contributed by atoms with Gasteiger partial charge in [-0.1, -0.05) is 54.6 Å². The number of rotatable bonds is 8. The SMILES string of the molecule is Cc1ccccc1C(=O)O[C@H]1O[C@@H](n2ccnc(C(N)=O)c2=O)[C@H](OC(=O)c2ccccc2)[C@H]1OC(=O)c1ccccc1. The molecule has 12 nitrogen and oxygen atoms in total. The summed E-state index contributed by atoms with van der Waals surface area (Å²) >= 11 is 0. The first-order valence-corrected chi connectivity index (χ1v) is 13.1.